The molecular weight excluding hydrogens is 969 g/mol. The summed E-state index contributed by atoms with van der Waals surface area (Å²) in [6.07, 6.45) is 0. The van der Waals surface area contributed by atoms with Crippen molar-refractivity contribution in [3.63, 3.8) is 0 Å². The zero-order valence-electron chi connectivity index (χ0n) is 43.1. The van der Waals surface area contributed by atoms with Crippen molar-refractivity contribution in [2.45, 2.75) is 0 Å². The van der Waals surface area contributed by atoms with Gasteiger partial charge in [-0.2, -0.15) is 0 Å². The second kappa shape index (κ2) is 18.4. The molecule has 0 aliphatic carbocycles. The van der Waals surface area contributed by atoms with E-state index in [0.717, 1.165) is 0 Å². The Morgan fingerprint density at radius 1 is 0.165 bits per heavy atom. The van der Waals surface area contributed by atoms with Gasteiger partial charge in [0.05, 0.1) is 0 Å². The Kier molecular flexibility index (Phi) is 10.5. The smallest absolute Gasteiger partial charge is 0.0361 e. The topological polar surface area (TPSA) is 0 Å². The number of thiophene rings is 1. The van der Waals surface area contributed by atoms with Gasteiger partial charge < -0.3 is 0 Å². The van der Waals surface area contributed by atoms with Crippen molar-refractivity contribution in [2.75, 3.05) is 0 Å². The average molecular weight is 1020 g/mol. The number of hydrogen-bond donors (Lipinski definition) is 0. The summed E-state index contributed by atoms with van der Waals surface area (Å²) in [5, 5.41) is 17.7. The van der Waals surface area contributed by atoms with Crippen molar-refractivity contribution in [3.05, 3.63) is 291 Å². The van der Waals surface area contributed by atoms with Crippen molar-refractivity contribution in [3.8, 4) is 77.9 Å². The number of rotatable bonds is 7. The molecular formula is C78H48S. The molecule has 1 aromatic heterocycles. The van der Waals surface area contributed by atoms with Crippen LogP contribution in [0.3, 0.4) is 0 Å². The molecule has 0 saturated carbocycles. The first kappa shape index (κ1) is 45.3. The SMILES string of the molecule is c1ccc(-c2ccc(-c3ccc(-c4c5ccccc5c(-c5ccc6c(c5)sc5cccc(-c7c8ccccc8c(-c8ccc(-c9ccccc9)c9ccccc89)c8ccccc78)c56)c5ccccc45)cc3)c3ccccc23)cc1. The van der Waals surface area contributed by atoms with Crippen LogP contribution in [0, 0.1) is 0 Å². The molecule has 0 N–H and O–H groups in total. The molecule has 0 bridgehead atoms. The fraction of sp³-hybridized carbons (Fsp3) is 0. The van der Waals surface area contributed by atoms with E-state index in [9.17, 15) is 0 Å². The summed E-state index contributed by atoms with van der Waals surface area (Å²) in [4.78, 5) is 0. The third-order valence-electron chi connectivity index (χ3n) is 16.7. The van der Waals surface area contributed by atoms with Crippen molar-refractivity contribution >= 4 is 96.1 Å². The minimum absolute atomic E-state index is 1.21. The first-order valence-corrected chi connectivity index (χ1v) is 28.1. The Morgan fingerprint density at radius 3 is 0.949 bits per heavy atom. The van der Waals surface area contributed by atoms with Crippen LogP contribution in [0.4, 0.5) is 0 Å². The molecule has 0 unspecified atom stereocenters. The predicted molar refractivity (Wildman–Crippen MR) is 342 cm³/mol. The molecule has 0 saturated heterocycles. The first-order chi connectivity index (χ1) is 39.2. The summed E-state index contributed by atoms with van der Waals surface area (Å²) in [6, 6.07) is 108. The van der Waals surface area contributed by atoms with Gasteiger partial charge in [0.15, 0.2) is 0 Å². The maximum Gasteiger partial charge on any atom is 0.0361 e. The van der Waals surface area contributed by atoms with Crippen molar-refractivity contribution < 1.29 is 0 Å². The zero-order chi connectivity index (χ0) is 52.0. The van der Waals surface area contributed by atoms with E-state index in [-0.39, 0.29) is 0 Å². The molecule has 0 nitrogen and oxygen atoms in total. The van der Waals surface area contributed by atoms with E-state index in [0.29, 0.717) is 0 Å². The molecule has 15 aromatic carbocycles. The molecule has 0 radical (unpaired) electrons. The van der Waals surface area contributed by atoms with Crippen LogP contribution in [0.25, 0.3) is 163 Å². The van der Waals surface area contributed by atoms with Crippen LogP contribution in [-0.4, -0.2) is 0 Å². The molecule has 1 heterocycles. The monoisotopic (exact) mass is 1020 g/mol. The van der Waals surface area contributed by atoms with E-state index in [1.54, 1.807) is 0 Å². The summed E-state index contributed by atoms with van der Waals surface area (Å²) < 4.78 is 2.57. The lowest BCUT2D eigenvalue weighted by atomic mass is 9.83. The van der Waals surface area contributed by atoms with E-state index in [1.165, 1.54) is 163 Å². The van der Waals surface area contributed by atoms with Gasteiger partial charge in [0.2, 0.25) is 0 Å². The molecule has 0 fully saturated rings. The Balaban J connectivity index is 0.836. The van der Waals surface area contributed by atoms with Crippen LogP contribution < -0.4 is 0 Å². The van der Waals surface area contributed by atoms with E-state index in [1.807, 2.05) is 11.3 Å². The van der Waals surface area contributed by atoms with E-state index >= 15 is 0 Å². The minimum atomic E-state index is 1.21. The van der Waals surface area contributed by atoms with Gasteiger partial charge >= 0.3 is 0 Å². The quantitative estimate of drug-likeness (QED) is 0.140. The molecule has 0 atom stereocenters. The van der Waals surface area contributed by atoms with Crippen LogP contribution in [0.15, 0.2) is 291 Å². The Morgan fingerprint density at radius 2 is 0.494 bits per heavy atom. The van der Waals surface area contributed by atoms with Gasteiger partial charge in [-0.05, 0) is 155 Å². The number of fused-ring (bicyclic) bond motifs is 9. The van der Waals surface area contributed by atoms with Crippen LogP contribution in [0.5, 0.6) is 0 Å². The fourth-order valence-electron chi connectivity index (χ4n) is 13.3. The molecule has 0 aliphatic heterocycles. The second-order valence-electron chi connectivity index (χ2n) is 20.9. The summed E-state index contributed by atoms with van der Waals surface area (Å²) >= 11 is 1.90. The summed E-state index contributed by atoms with van der Waals surface area (Å²) in [5.74, 6) is 0. The zero-order valence-corrected chi connectivity index (χ0v) is 43.9. The molecule has 0 spiro atoms. The molecule has 1 heteroatoms. The van der Waals surface area contributed by atoms with Crippen LogP contribution >= 0.6 is 11.3 Å². The van der Waals surface area contributed by atoms with Gasteiger partial charge in [-0.3, -0.25) is 0 Å². The van der Waals surface area contributed by atoms with Crippen molar-refractivity contribution in [2.24, 2.45) is 0 Å². The Hall–Kier alpha value is -9.92. The highest BCUT2D eigenvalue weighted by atomic mass is 32.1. The minimum Gasteiger partial charge on any atom is -0.135 e. The number of hydrogen-bond acceptors (Lipinski definition) is 1. The lowest BCUT2D eigenvalue weighted by molar-refractivity contribution is 1.62. The van der Waals surface area contributed by atoms with Crippen LogP contribution in [0.2, 0.25) is 0 Å². The third kappa shape index (κ3) is 7.21. The van der Waals surface area contributed by atoms with Gasteiger partial charge in [0, 0.05) is 20.2 Å². The highest BCUT2D eigenvalue weighted by Crippen LogP contribution is 2.51. The van der Waals surface area contributed by atoms with Gasteiger partial charge in [-0.15, -0.1) is 11.3 Å². The standard InChI is InChI=1S/C78H48S/c1-3-20-49(21-4-1)54-44-45-56(58-25-8-7-24-57(54)58)51-38-40-52(41-39-51)74-61-28-11-13-30-63(61)75(64-31-14-12-29-62(64)74)53-42-43-70-73(48-53)79-72-37-19-36-71(78(70)72)77-67-34-17-15-32-65(67)76(66-33-16-18-35-68(66)77)69-47-46-55(50-22-5-2-6-23-50)59-26-9-10-27-60(59)69/h1-48H. The Bertz CT molecular complexity index is 4990. The van der Waals surface area contributed by atoms with Crippen molar-refractivity contribution in [1.29, 1.82) is 0 Å². The maximum absolute atomic E-state index is 2.46. The van der Waals surface area contributed by atoms with E-state index in [4.69, 9.17) is 0 Å². The summed E-state index contributed by atoms with van der Waals surface area (Å²) in [6.45, 7) is 0. The summed E-state index contributed by atoms with van der Waals surface area (Å²) in [7, 11) is 0. The largest absolute Gasteiger partial charge is 0.135 e. The lowest BCUT2D eigenvalue weighted by Crippen LogP contribution is -1.93. The Labute approximate surface area is 462 Å². The molecule has 0 aliphatic rings. The normalized spacial score (nSPS) is 11.8. The van der Waals surface area contributed by atoms with Gasteiger partial charge in [0.25, 0.3) is 0 Å². The first-order valence-electron chi connectivity index (χ1n) is 27.3. The molecule has 0 amide bonds. The number of benzene rings is 15. The average Bonchev–Trinajstić information content (AvgIpc) is 3.94. The van der Waals surface area contributed by atoms with Gasteiger partial charge in [-0.25, -0.2) is 0 Å². The fourth-order valence-corrected chi connectivity index (χ4v) is 14.4. The second-order valence-corrected chi connectivity index (χ2v) is 22.0. The van der Waals surface area contributed by atoms with E-state index < -0.39 is 0 Å². The summed E-state index contributed by atoms with van der Waals surface area (Å²) in [5.41, 5.74) is 17.5. The highest BCUT2D eigenvalue weighted by molar-refractivity contribution is 7.26. The van der Waals surface area contributed by atoms with E-state index in [2.05, 4.69) is 291 Å². The highest BCUT2D eigenvalue weighted by Gasteiger charge is 2.23. The molecule has 16 aromatic rings. The molecule has 79 heavy (non-hydrogen) atoms. The molecule has 16 rings (SSSR count). The third-order valence-corrected chi connectivity index (χ3v) is 17.8. The predicted octanol–water partition coefficient (Wildman–Crippen LogP) is 22.6. The molecule has 366 valence electrons. The van der Waals surface area contributed by atoms with Crippen molar-refractivity contribution in [1.82, 2.24) is 0 Å². The van der Waals surface area contributed by atoms with Crippen LogP contribution in [0.1, 0.15) is 0 Å². The van der Waals surface area contributed by atoms with Gasteiger partial charge in [-0.1, -0.05) is 279 Å². The van der Waals surface area contributed by atoms with Crippen LogP contribution in [-0.2, 0) is 0 Å². The maximum atomic E-state index is 2.46. The lowest BCUT2D eigenvalue weighted by Gasteiger charge is -2.20. The van der Waals surface area contributed by atoms with Gasteiger partial charge in [0.1, 0.15) is 0 Å².